The monoisotopic (exact) mass is 619 g/mol. The molecule has 7 nitrogen and oxygen atoms in total. The summed E-state index contributed by atoms with van der Waals surface area (Å²) in [7, 11) is 0. The van der Waals surface area contributed by atoms with Crippen LogP contribution in [0.25, 0.3) is 11.1 Å². The van der Waals surface area contributed by atoms with Gasteiger partial charge in [0, 0.05) is 43.5 Å². The molecular weight excluding hydrogens is 574 g/mol. The number of likely N-dealkylation sites (tertiary alicyclic amines) is 1. The molecule has 1 aromatic heterocycles. The van der Waals surface area contributed by atoms with Crippen molar-refractivity contribution < 1.29 is 19.0 Å². The maximum atomic E-state index is 12.6. The Kier molecular flexibility index (Phi) is 9.48. The van der Waals surface area contributed by atoms with E-state index >= 15 is 0 Å². The number of aromatic nitrogens is 1. The lowest BCUT2D eigenvalue weighted by Crippen LogP contribution is -2.49. The van der Waals surface area contributed by atoms with Crippen molar-refractivity contribution in [2.45, 2.75) is 65.3 Å². The molecule has 2 aliphatic heterocycles. The van der Waals surface area contributed by atoms with Crippen LogP contribution >= 0.6 is 0 Å². The first-order valence-corrected chi connectivity index (χ1v) is 16.4. The van der Waals surface area contributed by atoms with Crippen LogP contribution in [0.4, 0.5) is 10.5 Å². The van der Waals surface area contributed by atoms with Gasteiger partial charge in [0.15, 0.2) is 0 Å². The lowest BCUT2D eigenvalue weighted by Gasteiger charge is -2.47. The molecule has 7 heteroatoms. The zero-order valence-electron chi connectivity index (χ0n) is 27.3. The molecule has 2 saturated heterocycles. The van der Waals surface area contributed by atoms with E-state index in [2.05, 4.69) is 47.4 Å². The van der Waals surface area contributed by atoms with Crippen LogP contribution in [-0.4, -0.2) is 47.8 Å². The van der Waals surface area contributed by atoms with Crippen LogP contribution < -0.4 is 14.4 Å². The molecule has 1 amide bonds. The van der Waals surface area contributed by atoms with Crippen molar-refractivity contribution in [2.75, 3.05) is 31.1 Å². The van der Waals surface area contributed by atoms with Gasteiger partial charge in [-0.05, 0) is 86.8 Å². The Bertz CT molecular complexity index is 1580. The Hall–Kier alpha value is -4.52. The summed E-state index contributed by atoms with van der Waals surface area (Å²) in [5.74, 6) is 1.09. The smallest absolute Gasteiger partial charge is 0.410 e. The number of carbonyl (C=O) groups is 1. The van der Waals surface area contributed by atoms with Gasteiger partial charge in [-0.25, -0.2) is 4.79 Å². The lowest BCUT2D eigenvalue weighted by molar-refractivity contribution is 0.00666. The van der Waals surface area contributed by atoms with Crippen LogP contribution in [0.3, 0.4) is 0 Å². The molecule has 46 heavy (non-hydrogen) atoms. The van der Waals surface area contributed by atoms with Gasteiger partial charge in [-0.15, -0.1) is 0 Å². The first-order valence-electron chi connectivity index (χ1n) is 16.4. The molecule has 240 valence electrons. The number of ether oxygens (including phenoxy) is 3. The van der Waals surface area contributed by atoms with E-state index in [-0.39, 0.29) is 6.09 Å². The Morgan fingerprint density at radius 3 is 1.98 bits per heavy atom. The zero-order valence-corrected chi connectivity index (χ0v) is 27.3. The minimum absolute atomic E-state index is 0.186. The molecule has 0 bridgehead atoms. The van der Waals surface area contributed by atoms with E-state index in [1.165, 1.54) is 5.69 Å². The normalized spacial score (nSPS) is 16.2. The number of rotatable bonds is 8. The number of benzene rings is 3. The van der Waals surface area contributed by atoms with Crippen molar-refractivity contribution in [1.82, 2.24) is 9.88 Å². The summed E-state index contributed by atoms with van der Waals surface area (Å²) in [4.78, 5) is 21.8. The van der Waals surface area contributed by atoms with Crippen molar-refractivity contribution in [3.05, 3.63) is 108 Å². The average Bonchev–Trinajstić information content (AvgIpc) is 3.07. The van der Waals surface area contributed by atoms with Gasteiger partial charge >= 0.3 is 6.09 Å². The highest BCUT2D eigenvalue weighted by molar-refractivity contribution is 5.73. The number of amides is 1. The van der Waals surface area contributed by atoms with E-state index in [4.69, 9.17) is 19.2 Å². The minimum Gasteiger partial charge on any atom is -0.473 e. The zero-order chi connectivity index (χ0) is 32.0. The second-order valence-corrected chi connectivity index (χ2v) is 13.6. The molecule has 6 rings (SSSR count). The first kappa shape index (κ1) is 31.5. The Morgan fingerprint density at radius 1 is 0.739 bits per heavy atom. The summed E-state index contributed by atoms with van der Waals surface area (Å²) in [5.41, 5.74) is 5.21. The van der Waals surface area contributed by atoms with Crippen LogP contribution in [0, 0.1) is 5.41 Å². The highest BCUT2D eigenvalue weighted by Gasteiger charge is 2.39. The van der Waals surface area contributed by atoms with E-state index in [0.717, 1.165) is 74.1 Å². The van der Waals surface area contributed by atoms with E-state index in [9.17, 15) is 4.79 Å². The van der Waals surface area contributed by atoms with E-state index in [0.29, 0.717) is 30.4 Å². The van der Waals surface area contributed by atoms with E-state index < -0.39 is 5.60 Å². The lowest BCUT2D eigenvalue weighted by atomic mass is 9.71. The number of anilines is 1. The third-order valence-electron chi connectivity index (χ3n) is 9.10. The van der Waals surface area contributed by atoms with Gasteiger partial charge in [-0.3, -0.25) is 0 Å². The van der Waals surface area contributed by atoms with Crippen LogP contribution in [0.15, 0.2) is 97.1 Å². The van der Waals surface area contributed by atoms with Gasteiger partial charge in [0.25, 0.3) is 0 Å². The molecule has 0 aliphatic carbocycles. The third kappa shape index (κ3) is 8.00. The number of carbonyl (C=O) groups excluding carboxylic acids is 1. The SMILES string of the molecule is CC(C)(C)OC(=O)N1CCC2(CC1)CCN(c1cccc(-c3ccc(OCc4ccccc4)nc3OCc3ccccc3)c1)CC2. The number of hydrogen-bond acceptors (Lipinski definition) is 6. The highest BCUT2D eigenvalue weighted by atomic mass is 16.6. The van der Waals surface area contributed by atoms with Gasteiger partial charge in [-0.1, -0.05) is 72.8 Å². The number of pyridine rings is 1. The fourth-order valence-electron chi connectivity index (χ4n) is 6.39. The average molecular weight is 620 g/mol. The summed E-state index contributed by atoms with van der Waals surface area (Å²) < 4.78 is 18.0. The molecule has 0 atom stereocenters. The maximum absolute atomic E-state index is 12.6. The van der Waals surface area contributed by atoms with E-state index in [1.54, 1.807) is 0 Å². The Balaban J connectivity index is 1.14. The maximum Gasteiger partial charge on any atom is 0.410 e. The van der Waals surface area contributed by atoms with Crippen molar-refractivity contribution in [3.8, 4) is 22.9 Å². The van der Waals surface area contributed by atoms with Crippen LogP contribution in [0.2, 0.25) is 0 Å². The molecule has 0 N–H and O–H groups in total. The molecule has 2 fully saturated rings. The van der Waals surface area contributed by atoms with Crippen LogP contribution in [0.1, 0.15) is 57.6 Å². The predicted octanol–water partition coefficient (Wildman–Crippen LogP) is 8.52. The van der Waals surface area contributed by atoms with Gasteiger partial charge in [0.05, 0.1) is 0 Å². The standard InChI is InChI=1S/C39H45N3O4/c1-38(2,3)46-37(43)42-25-21-39(22-26-42)19-23-41(24-20-39)33-16-10-15-32(27-33)34-17-18-35(44-28-30-11-6-4-7-12-30)40-36(34)45-29-31-13-8-5-9-14-31/h4-18,27H,19-26,28-29H2,1-3H3. The van der Waals surface area contributed by atoms with Crippen molar-refractivity contribution in [3.63, 3.8) is 0 Å². The molecular formula is C39H45N3O4. The second kappa shape index (κ2) is 13.9. The fraction of sp³-hybridized carbons (Fsp3) is 0.385. The van der Waals surface area contributed by atoms with Gasteiger partial charge < -0.3 is 24.0 Å². The molecule has 0 saturated carbocycles. The summed E-state index contributed by atoms with van der Waals surface area (Å²) in [6.07, 6.45) is 4.13. The topological polar surface area (TPSA) is 64.1 Å². The molecule has 4 aromatic rings. The summed E-state index contributed by atoms with van der Waals surface area (Å²) >= 11 is 0. The molecule has 1 spiro atoms. The van der Waals surface area contributed by atoms with Gasteiger partial charge in [0.1, 0.15) is 18.8 Å². The summed E-state index contributed by atoms with van der Waals surface area (Å²) in [5, 5.41) is 0. The highest BCUT2D eigenvalue weighted by Crippen LogP contribution is 2.43. The third-order valence-corrected chi connectivity index (χ3v) is 9.10. The molecule has 3 aromatic carbocycles. The largest absolute Gasteiger partial charge is 0.473 e. The number of hydrogen-bond donors (Lipinski definition) is 0. The van der Waals surface area contributed by atoms with Crippen LogP contribution in [-0.2, 0) is 18.0 Å². The molecule has 2 aliphatic rings. The number of piperidine rings is 2. The van der Waals surface area contributed by atoms with Gasteiger partial charge in [0.2, 0.25) is 11.8 Å². The molecule has 3 heterocycles. The Labute approximate surface area is 273 Å². The Morgan fingerprint density at radius 2 is 1.35 bits per heavy atom. The van der Waals surface area contributed by atoms with Gasteiger partial charge in [-0.2, -0.15) is 4.98 Å². The van der Waals surface area contributed by atoms with Crippen molar-refractivity contribution in [2.24, 2.45) is 5.41 Å². The number of nitrogens with zero attached hydrogens (tertiary/aromatic N) is 3. The second-order valence-electron chi connectivity index (χ2n) is 13.6. The summed E-state index contributed by atoms with van der Waals surface area (Å²) in [6, 6.07) is 32.9. The molecule has 0 radical (unpaired) electrons. The summed E-state index contributed by atoms with van der Waals surface area (Å²) in [6.45, 7) is 10.2. The van der Waals surface area contributed by atoms with Crippen molar-refractivity contribution in [1.29, 1.82) is 0 Å². The fourth-order valence-corrected chi connectivity index (χ4v) is 6.39. The van der Waals surface area contributed by atoms with E-state index in [1.807, 2.05) is 80.3 Å². The first-order chi connectivity index (χ1) is 22.3. The quantitative estimate of drug-likeness (QED) is 0.197. The van der Waals surface area contributed by atoms with Crippen molar-refractivity contribution >= 4 is 11.8 Å². The molecule has 0 unspecified atom stereocenters. The predicted molar refractivity (Wildman–Crippen MR) is 182 cm³/mol. The minimum atomic E-state index is -0.463. The van der Waals surface area contributed by atoms with Crippen LogP contribution in [0.5, 0.6) is 11.8 Å².